The molecule has 0 aromatic heterocycles. The van der Waals surface area contributed by atoms with Crippen molar-refractivity contribution >= 4 is 52.4 Å². The van der Waals surface area contributed by atoms with Gasteiger partial charge in [0.25, 0.3) is 0 Å². The van der Waals surface area contributed by atoms with Crippen LogP contribution >= 0.6 is 46.4 Å². The zero-order valence-corrected chi connectivity index (χ0v) is 19.2. The fourth-order valence-electron chi connectivity index (χ4n) is 3.50. The molecule has 0 aliphatic rings. The molecule has 0 spiro atoms. The Hall–Kier alpha value is -1.90. The predicted molar refractivity (Wildman–Crippen MR) is 120 cm³/mol. The number of carboxylic acid groups (broad SMARTS) is 1. The topological polar surface area (TPSA) is 70.3 Å². The van der Waals surface area contributed by atoms with Gasteiger partial charge in [-0.2, -0.15) is 5.26 Å². The normalized spacial score (nSPS) is 14.3. The van der Waals surface area contributed by atoms with Crippen LogP contribution in [0.25, 0.3) is 0 Å². The molecule has 1 N–H and O–H groups in total. The van der Waals surface area contributed by atoms with Gasteiger partial charge in [-0.1, -0.05) is 90.6 Å². The lowest BCUT2D eigenvalue weighted by Gasteiger charge is -2.44. The van der Waals surface area contributed by atoms with E-state index < -0.39 is 27.6 Å². The standard InChI is InChI=1S/C22H19Cl4NO3/c1-14(2)22(20(28)29,21(25,26)12-19(23)24)18(13-27)15-7-6-10-17(11-15)30-16-8-4-3-5-9-16/h3-12,14,18H,1-2H3,(H,28,29). The summed E-state index contributed by atoms with van der Waals surface area (Å²) >= 11 is 24.5. The number of alkyl halides is 2. The molecule has 0 fully saturated rings. The fraction of sp³-hybridized carbons (Fsp3) is 0.273. The molecule has 2 unspecified atom stereocenters. The second kappa shape index (κ2) is 9.94. The van der Waals surface area contributed by atoms with Crippen molar-refractivity contribution in [3.8, 4) is 17.6 Å². The van der Waals surface area contributed by atoms with Gasteiger partial charge in [-0.3, -0.25) is 4.79 Å². The van der Waals surface area contributed by atoms with Gasteiger partial charge < -0.3 is 9.84 Å². The summed E-state index contributed by atoms with van der Waals surface area (Å²) in [6.45, 7) is 3.25. The molecule has 2 aromatic rings. The van der Waals surface area contributed by atoms with Crippen molar-refractivity contribution in [3.05, 3.63) is 70.7 Å². The first kappa shape index (κ1) is 24.4. The van der Waals surface area contributed by atoms with E-state index in [1.165, 1.54) is 0 Å². The van der Waals surface area contributed by atoms with E-state index in [1.54, 1.807) is 50.2 Å². The number of rotatable bonds is 8. The van der Waals surface area contributed by atoms with Gasteiger partial charge in [-0.25, -0.2) is 0 Å². The number of benzene rings is 2. The van der Waals surface area contributed by atoms with Crippen molar-refractivity contribution in [1.82, 2.24) is 0 Å². The fourth-order valence-corrected chi connectivity index (χ4v) is 5.09. The first-order chi connectivity index (χ1) is 14.1. The first-order valence-electron chi connectivity index (χ1n) is 8.93. The van der Waals surface area contributed by atoms with Crippen LogP contribution in [0.5, 0.6) is 11.5 Å². The van der Waals surface area contributed by atoms with E-state index in [4.69, 9.17) is 51.1 Å². The van der Waals surface area contributed by atoms with Crippen molar-refractivity contribution in [2.45, 2.75) is 24.1 Å². The van der Waals surface area contributed by atoms with Crippen molar-refractivity contribution in [2.75, 3.05) is 0 Å². The van der Waals surface area contributed by atoms with Gasteiger partial charge in [0.1, 0.15) is 21.4 Å². The van der Waals surface area contributed by atoms with Gasteiger partial charge in [-0.15, -0.1) is 0 Å². The maximum Gasteiger partial charge on any atom is 0.315 e. The third kappa shape index (κ3) is 4.87. The third-order valence-electron chi connectivity index (χ3n) is 4.86. The van der Waals surface area contributed by atoms with E-state index in [0.717, 1.165) is 6.08 Å². The van der Waals surface area contributed by atoms with Crippen molar-refractivity contribution < 1.29 is 14.6 Å². The van der Waals surface area contributed by atoms with Crippen LogP contribution in [-0.4, -0.2) is 15.4 Å². The lowest BCUT2D eigenvalue weighted by Crippen LogP contribution is -2.53. The zero-order valence-electron chi connectivity index (χ0n) is 16.2. The van der Waals surface area contributed by atoms with Crippen LogP contribution in [0, 0.1) is 22.7 Å². The van der Waals surface area contributed by atoms with Crippen molar-refractivity contribution in [3.63, 3.8) is 0 Å². The Morgan fingerprint density at radius 2 is 1.70 bits per heavy atom. The summed E-state index contributed by atoms with van der Waals surface area (Å²) in [7, 11) is 0. The van der Waals surface area contributed by atoms with Crippen molar-refractivity contribution in [1.29, 1.82) is 5.26 Å². The summed E-state index contributed by atoms with van der Waals surface area (Å²) in [5, 5.41) is 20.3. The number of aliphatic carboxylic acids is 1. The minimum atomic E-state index is -2.08. The van der Waals surface area contributed by atoms with Gasteiger partial charge in [0.15, 0.2) is 4.33 Å². The summed E-state index contributed by atoms with van der Waals surface area (Å²) < 4.78 is 3.44. The number of halogens is 4. The summed E-state index contributed by atoms with van der Waals surface area (Å²) in [6.07, 6.45) is 1.03. The molecule has 0 saturated heterocycles. The molecule has 0 heterocycles. The van der Waals surface area contributed by atoms with Gasteiger partial charge in [0.2, 0.25) is 0 Å². The SMILES string of the molecule is CC(C)C(C(=O)O)(C(C#N)c1cccc(Oc2ccccc2)c1)C(Cl)(Cl)C=C(Cl)Cl. The molecule has 0 aliphatic heterocycles. The molecular formula is C22H19Cl4NO3. The van der Waals surface area contributed by atoms with E-state index in [9.17, 15) is 15.2 Å². The Kier molecular flexibility index (Phi) is 8.07. The molecule has 4 nitrogen and oxygen atoms in total. The van der Waals surface area contributed by atoms with Crippen LogP contribution in [0.1, 0.15) is 25.3 Å². The Morgan fingerprint density at radius 3 is 2.20 bits per heavy atom. The Labute approximate surface area is 195 Å². The number of carboxylic acids is 1. The minimum Gasteiger partial charge on any atom is -0.481 e. The number of nitriles is 1. The highest BCUT2D eigenvalue weighted by Gasteiger charge is 2.62. The maximum atomic E-state index is 12.6. The Balaban J connectivity index is 2.64. The number of hydrogen-bond donors (Lipinski definition) is 1. The monoisotopic (exact) mass is 485 g/mol. The molecule has 2 aromatic carbocycles. The molecule has 2 atom stereocenters. The van der Waals surface area contributed by atoms with Crippen molar-refractivity contribution in [2.24, 2.45) is 11.3 Å². The zero-order chi connectivity index (χ0) is 22.5. The second-order valence-electron chi connectivity index (χ2n) is 6.94. The Morgan fingerprint density at radius 1 is 1.10 bits per heavy atom. The van der Waals surface area contributed by atoms with E-state index in [1.807, 2.05) is 18.2 Å². The second-order valence-corrected chi connectivity index (χ2v) is 9.33. The maximum absolute atomic E-state index is 12.6. The molecule has 0 radical (unpaired) electrons. The van der Waals surface area contributed by atoms with Crippen LogP contribution in [-0.2, 0) is 4.79 Å². The van der Waals surface area contributed by atoms with Gasteiger partial charge in [0, 0.05) is 0 Å². The average Bonchev–Trinajstić information content (AvgIpc) is 2.65. The van der Waals surface area contributed by atoms with E-state index in [-0.39, 0.29) is 4.49 Å². The van der Waals surface area contributed by atoms with Crippen LogP contribution in [0.4, 0.5) is 0 Å². The number of para-hydroxylation sites is 1. The average molecular weight is 487 g/mol. The molecule has 2 rings (SSSR count). The van der Waals surface area contributed by atoms with E-state index in [0.29, 0.717) is 17.1 Å². The third-order valence-corrected chi connectivity index (χ3v) is 5.92. The molecule has 0 bridgehead atoms. The highest BCUT2D eigenvalue weighted by molar-refractivity contribution is 6.58. The summed E-state index contributed by atoms with van der Waals surface area (Å²) in [5.41, 5.74) is -1.59. The largest absolute Gasteiger partial charge is 0.481 e. The lowest BCUT2D eigenvalue weighted by atomic mass is 9.63. The van der Waals surface area contributed by atoms with Gasteiger partial charge in [-0.05, 0) is 41.8 Å². The Bertz CT molecular complexity index is 966. The van der Waals surface area contributed by atoms with Crippen LogP contribution in [0.15, 0.2) is 65.2 Å². The minimum absolute atomic E-state index is 0.302. The number of ether oxygens (including phenoxy) is 1. The van der Waals surface area contributed by atoms with Crippen LogP contribution < -0.4 is 4.74 Å². The summed E-state index contributed by atoms with van der Waals surface area (Å²) in [6, 6.07) is 17.7. The number of hydrogen-bond acceptors (Lipinski definition) is 3. The first-order valence-corrected chi connectivity index (χ1v) is 10.4. The lowest BCUT2D eigenvalue weighted by molar-refractivity contribution is -0.153. The molecular weight excluding hydrogens is 468 g/mol. The van der Waals surface area contributed by atoms with Gasteiger partial charge in [0.05, 0.1) is 12.0 Å². The predicted octanol–water partition coefficient (Wildman–Crippen LogP) is 7.31. The quantitative estimate of drug-likeness (QED) is 0.397. The molecule has 0 aliphatic carbocycles. The summed E-state index contributed by atoms with van der Waals surface area (Å²) in [5.74, 6) is -2.24. The van der Waals surface area contributed by atoms with E-state index >= 15 is 0 Å². The molecule has 8 heteroatoms. The molecule has 0 amide bonds. The smallest absolute Gasteiger partial charge is 0.315 e. The highest BCUT2D eigenvalue weighted by Crippen LogP contribution is 2.56. The molecule has 0 saturated carbocycles. The van der Waals surface area contributed by atoms with Crippen LogP contribution in [0.3, 0.4) is 0 Å². The van der Waals surface area contributed by atoms with E-state index in [2.05, 4.69) is 6.07 Å². The highest BCUT2D eigenvalue weighted by atomic mass is 35.5. The number of carbonyl (C=O) groups is 1. The number of allylic oxidation sites excluding steroid dienone is 1. The molecule has 30 heavy (non-hydrogen) atoms. The van der Waals surface area contributed by atoms with Crippen LogP contribution in [0.2, 0.25) is 0 Å². The van der Waals surface area contributed by atoms with Gasteiger partial charge >= 0.3 is 5.97 Å². The number of nitrogens with zero attached hydrogens (tertiary/aromatic N) is 1. The summed E-state index contributed by atoms with van der Waals surface area (Å²) in [4.78, 5) is 12.6. The molecule has 158 valence electrons.